The number of hydrogen-bond donors (Lipinski definition) is 1. The Bertz CT molecular complexity index is 849. The smallest absolute Gasteiger partial charge is 0.286 e. The van der Waals surface area contributed by atoms with E-state index < -0.39 is 10.8 Å². The molecule has 130 valence electrons. The summed E-state index contributed by atoms with van der Waals surface area (Å²) < 4.78 is 15.6. The normalized spacial score (nSPS) is 12.1. The number of carbonyl (C=O) groups is 1. The summed E-state index contributed by atoms with van der Waals surface area (Å²) in [5.41, 5.74) is 1.05. The van der Waals surface area contributed by atoms with Crippen molar-refractivity contribution in [2.45, 2.75) is 6.42 Å². The van der Waals surface area contributed by atoms with Crippen LogP contribution >= 0.6 is 0 Å². The Hall–Kier alpha value is -3.29. The molecule has 0 spiro atoms. The minimum atomic E-state index is -0.632. The molecule has 0 aromatic heterocycles. The number of benzene rings is 2. The summed E-state index contributed by atoms with van der Waals surface area (Å²) in [5.74, 6) is 0.600. The fraction of sp³-hybridized carbons (Fsp3) is 0.235. The van der Waals surface area contributed by atoms with E-state index in [0.29, 0.717) is 12.3 Å². The summed E-state index contributed by atoms with van der Waals surface area (Å²) in [6.07, 6.45) is 0.759. The van der Waals surface area contributed by atoms with Crippen molar-refractivity contribution < 1.29 is 23.9 Å². The largest absolute Gasteiger partial charge is 0.493 e. The molecule has 0 bridgehead atoms. The number of nitrogens with zero attached hydrogens (tertiary/aromatic N) is 1. The highest BCUT2D eigenvalue weighted by atomic mass is 16.6. The molecule has 0 fully saturated rings. The average molecular weight is 344 g/mol. The quantitative estimate of drug-likeness (QED) is 0.661. The van der Waals surface area contributed by atoms with Gasteiger partial charge in [0.2, 0.25) is 0 Å². The molecular weight excluding hydrogens is 328 g/mol. The van der Waals surface area contributed by atoms with Crippen molar-refractivity contribution in [2.75, 3.05) is 26.1 Å². The molecule has 1 heterocycles. The van der Waals surface area contributed by atoms with Gasteiger partial charge in [0.05, 0.1) is 31.8 Å². The lowest BCUT2D eigenvalue weighted by Gasteiger charge is -2.11. The summed E-state index contributed by atoms with van der Waals surface area (Å²) in [7, 11) is 2.76. The van der Waals surface area contributed by atoms with Crippen molar-refractivity contribution in [3.8, 4) is 17.2 Å². The summed E-state index contributed by atoms with van der Waals surface area (Å²) >= 11 is 0. The molecule has 2 aromatic rings. The second kappa shape index (κ2) is 6.68. The van der Waals surface area contributed by atoms with Crippen molar-refractivity contribution in [1.82, 2.24) is 0 Å². The maximum Gasteiger partial charge on any atom is 0.286 e. The molecule has 25 heavy (non-hydrogen) atoms. The molecule has 0 unspecified atom stereocenters. The van der Waals surface area contributed by atoms with Gasteiger partial charge < -0.3 is 19.5 Å². The Balaban J connectivity index is 1.94. The highest BCUT2D eigenvalue weighted by Crippen LogP contribution is 2.35. The SMILES string of the molecule is COc1cc(C(=O)Nc2ccc3c(c2)CCO3)c([N+](=O)[O-])cc1OC. The van der Waals surface area contributed by atoms with Gasteiger partial charge in [0.1, 0.15) is 11.3 Å². The van der Waals surface area contributed by atoms with Gasteiger partial charge in [0.25, 0.3) is 11.6 Å². The first-order chi connectivity index (χ1) is 12.0. The molecule has 0 saturated carbocycles. The number of methoxy groups -OCH3 is 2. The molecule has 1 aliphatic heterocycles. The second-order valence-corrected chi connectivity index (χ2v) is 5.36. The Morgan fingerprint density at radius 3 is 2.60 bits per heavy atom. The first-order valence-corrected chi connectivity index (χ1v) is 7.51. The third-order valence-corrected chi connectivity index (χ3v) is 3.89. The van der Waals surface area contributed by atoms with Crippen molar-refractivity contribution in [1.29, 1.82) is 0 Å². The first kappa shape index (κ1) is 16.6. The van der Waals surface area contributed by atoms with Gasteiger partial charge in [-0.15, -0.1) is 0 Å². The van der Waals surface area contributed by atoms with E-state index in [4.69, 9.17) is 14.2 Å². The van der Waals surface area contributed by atoms with E-state index in [1.807, 2.05) is 0 Å². The van der Waals surface area contributed by atoms with Crippen LogP contribution in [0.5, 0.6) is 17.2 Å². The van der Waals surface area contributed by atoms with Crippen LogP contribution in [-0.4, -0.2) is 31.7 Å². The van der Waals surface area contributed by atoms with E-state index in [2.05, 4.69) is 5.32 Å². The van der Waals surface area contributed by atoms with Crippen LogP contribution in [0.3, 0.4) is 0 Å². The number of nitro groups is 1. The number of anilines is 1. The van der Waals surface area contributed by atoms with Gasteiger partial charge in [0, 0.05) is 18.2 Å². The summed E-state index contributed by atoms with van der Waals surface area (Å²) in [6.45, 7) is 0.605. The summed E-state index contributed by atoms with van der Waals surface area (Å²) in [5, 5.41) is 14.0. The zero-order valence-corrected chi connectivity index (χ0v) is 13.7. The van der Waals surface area contributed by atoms with E-state index in [-0.39, 0.29) is 22.7 Å². The number of ether oxygens (including phenoxy) is 3. The van der Waals surface area contributed by atoms with Gasteiger partial charge in [-0.3, -0.25) is 14.9 Å². The molecule has 0 aliphatic carbocycles. The summed E-state index contributed by atoms with van der Waals surface area (Å²) in [6, 6.07) is 7.72. The molecule has 8 nitrogen and oxygen atoms in total. The predicted octanol–water partition coefficient (Wildman–Crippen LogP) is 2.80. The Morgan fingerprint density at radius 1 is 1.20 bits per heavy atom. The maximum absolute atomic E-state index is 12.6. The van der Waals surface area contributed by atoms with E-state index in [1.165, 1.54) is 26.4 Å². The van der Waals surface area contributed by atoms with Crippen LogP contribution in [0.15, 0.2) is 30.3 Å². The number of rotatable bonds is 5. The molecule has 1 aliphatic rings. The maximum atomic E-state index is 12.6. The van der Waals surface area contributed by atoms with Crippen LogP contribution in [0.2, 0.25) is 0 Å². The van der Waals surface area contributed by atoms with Crippen LogP contribution in [0.25, 0.3) is 0 Å². The topological polar surface area (TPSA) is 99.9 Å². The Morgan fingerprint density at radius 2 is 1.92 bits per heavy atom. The molecule has 0 atom stereocenters. The van der Waals surface area contributed by atoms with Crippen LogP contribution in [-0.2, 0) is 6.42 Å². The second-order valence-electron chi connectivity index (χ2n) is 5.36. The highest BCUT2D eigenvalue weighted by molar-refractivity contribution is 6.07. The number of carbonyl (C=O) groups excluding carboxylic acids is 1. The van der Waals surface area contributed by atoms with Crippen LogP contribution in [0, 0.1) is 10.1 Å². The van der Waals surface area contributed by atoms with Gasteiger partial charge in [0.15, 0.2) is 11.5 Å². The molecule has 8 heteroatoms. The number of hydrogen-bond acceptors (Lipinski definition) is 6. The molecule has 0 radical (unpaired) electrons. The van der Waals surface area contributed by atoms with E-state index in [9.17, 15) is 14.9 Å². The standard InChI is InChI=1S/C17H16N2O6/c1-23-15-8-12(13(19(21)22)9-16(15)24-2)17(20)18-11-3-4-14-10(7-11)5-6-25-14/h3-4,7-9H,5-6H2,1-2H3,(H,18,20). The molecule has 2 aromatic carbocycles. The van der Waals surface area contributed by atoms with Gasteiger partial charge in [-0.2, -0.15) is 0 Å². The molecule has 1 amide bonds. The van der Waals surface area contributed by atoms with Gasteiger partial charge in [-0.25, -0.2) is 0 Å². The fourth-order valence-corrected chi connectivity index (χ4v) is 2.66. The van der Waals surface area contributed by atoms with E-state index >= 15 is 0 Å². The third-order valence-electron chi connectivity index (χ3n) is 3.89. The molecule has 3 rings (SSSR count). The number of amides is 1. The van der Waals surface area contributed by atoms with Crippen molar-refractivity contribution in [3.63, 3.8) is 0 Å². The predicted molar refractivity (Wildman–Crippen MR) is 89.8 cm³/mol. The van der Waals surface area contributed by atoms with Gasteiger partial charge in [-0.1, -0.05) is 0 Å². The minimum absolute atomic E-state index is 0.112. The Labute approximate surface area is 143 Å². The zero-order valence-electron chi connectivity index (χ0n) is 13.7. The lowest BCUT2D eigenvalue weighted by Crippen LogP contribution is -2.14. The highest BCUT2D eigenvalue weighted by Gasteiger charge is 2.25. The molecular formula is C17H16N2O6. The molecule has 0 saturated heterocycles. The monoisotopic (exact) mass is 344 g/mol. The number of nitrogens with one attached hydrogen (secondary N) is 1. The lowest BCUT2D eigenvalue weighted by atomic mass is 10.1. The van der Waals surface area contributed by atoms with E-state index in [1.54, 1.807) is 18.2 Å². The van der Waals surface area contributed by atoms with Crippen molar-refractivity contribution >= 4 is 17.3 Å². The van der Waals surface area contributed by atoms with Crippen molar-refractivity contribution in [2.24, 2.45) is 0 Å². The van der Waals surface area contributed by atoms with Gasteiger partial charge >= 0.3 is 0 Å². The van der Waals surface area contributed by atoms with E-state index in [0.717, 1.165) is 17.7 Å². The van der Waals surface area contributed by atoms with Crippen LogP contribution in [0.4, 0.5) is 11.4 Å². The number of fused-ring (bicyclic) bond motifs is 1. The number of nitro benzene ring substituents is 1. The Kier molecular flexibility index (Phi) is 4.42. The van der Waals surface area contributed by atoms with Crippen LogP contribution < -0.4 is 19.5 Å². The minimum Gasteiger partial charge on any atom is -0.493 e. The first-order valence-electron chi connectivity index (χ1n) is 7.51. The van der Waals surface area contributed by atoms with Gasteiger partial charge in [-0.05, 0) is 23.8 Å². The third kappa shape index (κ3) is 3.18. The summed E-state index contributed by atoms with van der Waals surface area (Å²) in [4.78, 5) is 23.2. The lowest BCUT2D eigenvalue weighted by molar-refractivity contribution is -0.385. The van der Waals surface area contributed by atoms with Crippen LogP contribution in [0.1, 0.15) is 15.9 Å². The molecule has 1 N–H and O–H groups in total. The zero-order chi connectivity index (χ0) is 18.0. The fourth-order valence-electron chi connectivity index (χ4n) is 2.66. The van der Waals surface area contributed by atoms with Crippen molar-refractivity contribution in [3.05, 3.63) is 51.6 Å². The average Bonchev–Trinajstić information content (AvgIpc) is 3.08.